The number of allylic oxidation sites excluding steroid dienone is 2. The summed E-state index contributed by atoms with van der Waals surface area (Å²) in [6.45, 7) is 11.9. The van der Waals surface area contributed by atoms with E-state index in [1.54, 1.807) is 4.90 Å². The van der Waals surface area contributed by atoms with E-state index in [-0.39, 0.29) is 12.0 Å². The highest BCUT2D eigenvalue weighted by Gasteiger charge is 2.30. The zero-order chi connectivity index (χ0) is 21.3. The summed E-state index contributed by atoms with van der Waals surface area (Å²) < 4.78 is 7.75. The van der Waals surface area contributed by atoms with E-state index >= 15 is 0 Å². The van der Waals surface area contributed by atoms with Crippen molar-refractivity contribution in [1.29, 1.82) is 0 Å². The van der Waals surface area contributed by atoms with Crippen LogP contribution in [0.2, 0.25) is 10.0 Å². The number of carbonyl (C=O) groups is 1. The minimum atomic E-state index is -0.482. The fourth-order valence-electron chi connectivity index (χ4n) is 3.60. The van der Waals surface area contributed by atoms with Crippen LogP contribution in [0.15, 0.2) is 23.8 Å². The third-order valence-corrected chi connectivity index (χ3v) is 5.95. The molecule has 5 nitrogen and oxygen atoms in total. The van der Waals surface area contributed by atoms with Gasteiger partial charge in [0.15, 0.2) is 0 Å². The maximum Gasteiger partial charge on any atom is 0.410 e. The first-order chi connectivity index (χ1) is 13.6. The van der Waals surface area contributed by atoms with Crippen molar-refractivity contribution >= 4 is 40.3 Å². The first-order valence-electron chi connectivity index (χ1n) is 10.0. The van der Waals surface area contributed by atoms with E-state index < -0.39 is 5.60 Å². The van der Waals surface area contributed by atoms with Crippen LogP contribution in [0, 0.1) is 0 Å². The summed E-state index contributed by atoms with van der Waals surface area (Å²) in [5.74, 6) is 1.30. The molecule has 1 fully saturated rings. The molecule has 1 saturated heterocycles. The molecule has 1 aromatic heterocycles. The summed E-state index contributed by atoms with van der Waals surface area (Å²) in [5, 5.41) is 1.04. The average Bonchev–Trinajstić information content (AvgIpc) is 2.98. The Morgan fingerprint density at radius 1 is 1.24 bits per heavy atom. The summed E-state index contributed by atoms with van der Waals surface area (Å²) in [6, 6.07) is 3.73. The van der Waals surface area contributed by atoms with Crippen LogP contribution >= 0.6 is 23.2 Å². The number of carbonyl (C=O) groups excluding carboxylic acids is 1. The number of fused-ring (bicyclic) bond motifs is 1. The molecular weight excluding hydrogens is 409 g/mol. The molecule has 0 saturated carbocycles. The lowest BCUT2D eigenvalue weighted by atomic mass is 9.96. The molecule has 2 aromatic rings. The molecule has 1 aliphatic heterocycles. The maximum absolute atomic E-state index is 12.4. The van der Waals surface area contributed by atoms with Gasteiger partial charge in [-0.2, -0.15) is 0 Å². The number of benzene rings is 1. The van der Waals surface area contributed by atoms with Crippen LogP contribution in [0.25, 0.3) is 11.0 Å². The van der Waals surface area contributed by atoms with Crippen molar-refractivity contribution in [3.63, 3.8) is 0 Å². The van der Waals surface area contributed by atoms with E-state index in [1.807, 2.05) is 39.8 Å². The highest BCUT2D eigenvalue weighted by Crippen LogP contribution is 2.34. The van der Waals surface area contributed by atoms with Crippen molar-refractivity contribution in [2.24, 2.45) is 0 Å². The van der Waals surface area contributed by atoms with Crippen LogP contribution in [0.1, 0.15) is 59.2 Å². The third kappa shape index (κ3) is 5.07. The Morgan fingerprint density at radius 2 is 1.86 bits per heavy atom. The van der Waals surface area contributed by atoms with Crippen LogP contribution in [-0.4, -0.2) is 39.2 Å². The van der Waals surface area contributed by atoms with E-state index in [9.17, 15) is 4.79 Å². The number of aromatic nitrogens is 2. The van der Waals surface area contributed by atoms with Crippen molar-refractivity contribution in [2.75, 3.05) is 13.1 Å². The minimum Gasteiger partial charge on any atom is -0.444 e. The number of likely N-dealkylation sites (tertiary alicyclic amines) is 1. The molecule has 2 heterocycles. The monoisotopic (exact) mass is 437 g/mol. The fourth-order valence-corrected chi connectivity index (χ4v) is 3.92. The number of hydrogen-bond donors (Lipinski definition) is 0. The fraction of sp³-hybridized carbons (Fsp3) is 0.545. The number of hydrogen-bond acceptors (Lipinski definition) is 3. The van der Waals surface area contributed by atoms with Gasteiger partial charge in [0, 0.05) is 25.6 Å². The van der Waals surface area contributed by atoms with Crippen molar-refractivity contribution in [2.45, 2.75) is 65.5 Å². The minimum absolute atomic E-state index is 0.243. The highest BCUT2D eigenvalue weighted by molar-refractivity contribution is 6.42. The summed E-state index contributed by atoms with van der Waals surface area (Å²) in [5.41, 5.74) is 2.62. The standard InChI is InChI=1S/C22H29Cl2N3O2/c1-6-14(2)13-27-19-12-17(24)16(23)11-18(19)25-20(27)15-7-9-26(10-8-15)21(28)29-22(3,4)5/h6,11-12,15H,7-10,13H2,1-5H3/b14-6+. The first-order valence-corrected chi connectivity index (χ1v) is 10.8. The second-order valence-corrected chi connectivity index (χ2v) is 9.50. The van der Waals surface area contributed by atoms with Crippen molar-refractivity contribution in [3.8, 4) is 0 Å². The Kier molecular flexibility index (Phi) is 6.49. The molecule has 1 amide bonds. The van der Waals surface area contributed by atoms with Crippen LogP contribution < -0.4 is 0 Å². The summed E-state index contributed by atoms with van der Waals surface area (Å²) in [7, 11) is 0. The Hall–Kier alpha value is -1.72. The van der Waals surface area contributed by atoms with Gasteiger partial charge in [-0.25, -0.2) is 9.78 Å². The maximum atomic E-state index is 12.4. The summed E-state index contributed by atoms with van der Waals surface area (Å²) in [4.78, 5) is 19.1. The van der Waals surface area contributed by atoms with Gasteiger partial charge in [-0.05, 0) is 59.6 Å². The molecule has 0 unspecified atom stereocenters. The predicted molar refractivity (Wildman–Crippen MR) is 119 cm³/mol. The molecule has 158 valence electrons. The molecule has 0 radical (unpaired) electrons. The second-order valence-electron chi connectivity index (χ2n) is 8.69. The van der Waals surface area contributed by atoms with E-state index in [2.05, 4.69) is 17.6 Å². The lowest BCUT2D eigenvalue weighted by Crippen LogP contribution is -2.41. The lowest BCUT2D eigenvalue weighted by molar-refractivity contribution is 0.0202. The Morgan fingerprint density at radius 3 is 2.45 bits per heavy atom. The summed E-state index contributed by atoms with van der Waals surface area (Å²) in [6.07, 6.45) is 3.56. The Balaban J connectivity index is 1.86. The van der Waals surface area contributed by atoms with Gasteiger partial charge in [0.1, 0.15) is 11.4 Å². The van der Waals surface area contributed by atoms with Crippen molar-refractivity contribution in [3.05, 3.63) is 39.7 Å². The molecular formula is C22H29Cl2N3O2. The predicted octanol–water partition coefficient (Wildman–Crippen LogP) is 6.42. The van der Waals surface area contributed by atoms with Crippen LogP contribution in [0.4, 0.5) is 4.79 Å². The smallest absolute Gasteiger partial charge is 0.410 e. The number of amides is 1. The number of nitrogens with zero attached hydrogens (tertiary/aromatic N) is 3. The Bertz CT molecular complexity index is 936. The van der Waals surface area contributed by atoms with E-state index in [1.165, 1.54) is 5.57 Å². The van der Waals surface area contributed by atoms with Gasteiger partial charge in [-0.1, -0.05) is 34.9 Å². The largest absolute Gasteiger partial charge is 0.444 e. The van der Waals surface area contributed by atoms with Crippen molar-refractivity contribution < 1.29 is 9.53 Å². The number of piperidine rings is 1. The van der Waals surface area contributed by atoms with Gasteiger partial charge >= 0.3 is 6.09 Å². The third-order valence-electron chi connectivity index (χ3n) is 5.23. The molecule has 0 atom stereocenters. The number of rotatable bonds is 3. The molecule has 1 aliphatic rings. The van der Waals surface area contributed by atoms with Gasteiger partial charge in [-0.15, -0.1) is 0 Å². The second kappa shape index (κ2) is 8.57. The van der Waals surface area contributed by atoms with Gasteiger partial charge in [-0.3, -0.25) is 0 Å². The molecule has 0 N–H and O–H groups in total. The van der Waals surface area contributed by atoms with Crippen LogP contribution in [0.3, 0.4) is 0 Å². The molecule has 0 spiro atoms. The van der Waals surface area contributed by atoms with Gasteiger partial charge in [0.2, 0.25) is 0 Å². The van der Waals surface area contributed by atoms with Crippen molar-refractivity contribution in [1.82, 2.24) is 14.5 Å². The van der Waals surface area contributed by atoms with Gasteiger partial charge in [0.05, 0.1) is 21.1 Å². The molecule has 0 bridgehead atoms. The van der Waals surface area contributed by atoms with Crippen LogP contribution in [0.5, 0.6) is 0 Å². The van der Waals surface area contributed by atoms with Crippen LogP contribution in [-0.2, 0) is 11.3 Å². The molecule has 7 heteroatoms. The Labute approximate surface area is 182 Å². The summed E-state index contributed by atoms with van der Waals surface area (Å²) >= 11 is 12.5. The van der Waals surface area contributed by atoms with E-state index in [0.29, 0.717) is 23.1 Å². The SMILES string of the molecule is C/C=C(\C)Cn1c(C2CCN(C(=O)OC(C)(C)C)CC2)nc2cc(Cl)c(Cl)cc21. The lowest BCUT2D eigenvalue weighted by Gasteiger charge is -2.33. The highest BCUT2D eigenvalue weighted by atomic mass is 35.5. The van der Waals surface area contributed by atoms with E-state index in [0.717, 1.165) is 36.2 Å². The van der Waals surface area contributed by atoms with E-state index in [4.69, 9.17) is 32.9 Å². The zero-order valence-corrected chi connectivity index (χ0v) is 19.3. The van der Waals surface area contributed by atoms with Gasteiger partial charge in [0.25, 0.3) is 0 Å². The quantitative estimate of drug-likeness (QED) is 0.520. The first kappa shape index (κ1) is 22.0. The number of imidazole rings is 1. The number of ether oxygens (including phenoxy) is 1. The normalized spacial score (nSPS) is 16.5. The van der Waals surface area contributed by atoms with Gasteiger partial charge < -0.3 is 14.2 Å². The number of halogens is 2. The molecule has 1 aromatic carbocycles. The molecule has 0 aliphatic carbocycles. The topological polar surface area (TPSA) is 47.4 Å². The molecule has 3 rings (SSSR count). The zero-order valence-electron chi connectivity index (χ0n) is 17.8. The average molecular weight is 438 g/mol. The molecule has 29 heavy (non-hydrogen) atoms.